The van der Waals surface area contributed by atoms with Crippen LogP contribution in [-0.4, -0.2) is 60.9 Å². The number of halogens is 1. The summed E-state index contributed by atoms with van der Waals surface area (Å²) >= 11 is 0. The van der Waals surface area contributed by atoms with Crippen molar-refractivity contribution in [3.05, 3.63) is 71.0 Å². The van der Waals surface area contributed by atoms with Crippen molar-refractivity contribution in [3.8, 4) is 0 Å². The highest BCUT2D eigenvalue weighted by atomic mass is 19.1. The highest BCUT2D eigenvalue weighted by Gasteiger charge is 2.21. The predicted molar refractivity (Wildman–Crippen MR) is 117 cm³/mol. The van der Waals surface area contributed by atoms with Crippen LogP contribution < -0.4 is 5.32 Å². The van der Waals surface area contributed by atoms with E-state index >= 15 is 0 Å². The first kappa shape index (κ1) is 22.9. The van der Waals surface area contributed by atoms with Gasteiger partial charge >= 0.3 is 0 Å². The van der Waals surface area contributed by atoms with Crippen LogP contribution in [0.5, 0.6) is 0 Å². The molecule has 0 aliphatic carbocycles. The van der Waals surface area contributed by atoms with E-state index in [0.717, 1.165) is 24.1 Å². The first-order chi connectivity index (χ1) is 15.0. The molecule has 31 heavy (non-hydrogen) atoms. The Balaban J connectivity index is 1.42. The van der Waals surface area contributed by atoms with Crippen molar-refractivity contribution in [3.63, 3.8) is 0 Å². The number of carbonyl (C=O) groups excluding carboxylic acids is 2. The summed E-state index contributed by atoms with van der Waals surface area (Å²) < 4.78 is 18.5. The third-order valence-electron chi connectivity index (χ3n) is 5.32. The third-order valence-corrected chi connectivity index (χ3v) is 5.32. The average Bonchev–Trinajstić information content (AvgIpc) is 3.02. The van der Waals surface area contributed by atoms with Gasteiger partial charge in [0.25, 0.3) is 5.91 Å². The number of benzene rings is 2. The molecule has 0 unspecified atom stereocenters. The molecule has 0 radical (unpaired) electrons. The maximum atomic E-state index is 13.1. The molecule has 0 bridgehead atoms. The number of rotatable bonds is 8. The van der Waals surface area contributed by atoms with Gasteiger partial charge in [0.1, 0.15) is 5.82 Å². The molecule has 2 amide bonds. The Kier molecular flexibility index (Phi) is 8.55. The van der Waals surface area contributed by atoms with Crippen LogP contribution in [0.2, 0.25) is 0 Å². The second kappa shape index (κ2) is 11.6. The van der Waals surface area contributed by atoms with Gasteiger partial charge < -0.3 is 15.0 Å². The molecule has 1 aliphatic rings. The van der Waals surface area contributed by atoms with Gasteiger partial charge in [-0.3, -0.25) is 14.5 Å². The molecule has 3 rings (SSSR count). The van der Waals surface area contributed by atoms with Gasteiger partial charge in [-0.05, 0) is 48.7 Å². The van der Waals surface area contributed by atoms with E-state index in [9.17, 15) is 14.0 Å². The zero-order valence-corrected chi connectivity index (χ0v) is 18.0. The average molecular weight is 428 g/mol. The molecule has 1 N–H and O–H groups in total. The first-order valence-electron chi connectivity index (χ1n) is 10.7. The van der Waals surface area contributed by atoms with E-state index < -0.39 is 0 Å². The van der Waals surface area contributed by atoms with E-state index in [4.69, 9.17) is 4.74 Å². The Morgan fingerprint density at radius 2 is 1.68 bits per heavy atom. The SMILES string of the molecule is CCOCc1ccc(CNC(=O)CN2CCCN(C(=O)c3ccc(F)cc3)CC2)cc1. The van der Waals surface area contributed by atoms with E-state index in [-0.39, 0.29) is 17.6 Å². The molecule has 1 heterocycles. The molecule has 1 saturated heterocycles. The number of hydrogen-bond donors (Lipinski definition) is 1. The highest BCUT2D eigenvalue weighted by Crippen LogP contribution is 2.11. The van der Waals surface area contributed by atoms with Gasteiger partial charge in [0.05, 0.1) is 13.2 Å². The summed E-state index contributed by atoms with van der Waals surface area (Å²) in [6.45, 7) is 6.60. The minimum Gasteiger partial charge on any atom is -0.377 e. The Labute approximate surface area is 183 Å². The largest absolute Gasteiger partial charge is 0.377 e. The van der Waals surface area contributed by atoms with Gasteiger partial charge in [-0.25, -0.2) is 4.39 Å². The summed E-state index contributed by atoms with van der Waals surface area (Å²) in [7, 11) is 0. The van der Waals surface area contributed by atoms with Crippen LogP contribution in [0.25, 0.3) is 0 Å². The molecular formula is C24H30FN3O3. The molecule has 6 nitrogen and oxygen atoms in total. The summed E-state index contributed by atoms with van der Waals surface area (Å²) in [6.07, 6.45) is 0.793. The minimum atomic E-state index is -0.356. The van der Waals surface area contributed by atoms with Crippen LogP contribution in [0.1, 0.15) is 34.8 Å². The fourth-order valence-electron chi connectivity index (χ4n) is 3.54. The smallest absolute Gasteiger partial charge is 0.253 e. The summed E-state index contributed by atoms with van der Waals surface area (Å²) in [5.41, 5.74) is 2.64. The molecule has 2 aromatic carbocycles. The number of nitrogens with one attached hydrogen (secondary N) is 1. The van der Waals surface area contributed by atoms with E-state index in [1.54, 1.807) is 4.90 Å². The van der Waals surface area contributed by atoms with Crippen molar-refractivity contribution in [2.45, 2.75) is 26.5 Å². The molecule has 0 aromatic heterocycles. The van der Waals surface area contributed by atoms with Crippen molar-refractivity contribution in [2.24, 2.45) is 0 Å². The highest BCUT2D eigenvalue weighted by molar-refractivity contribution is 5.94. The number of nitrogens with zero attached hydrogens (tertiary/aromatic N) is 2. The zero-order chi connectivity index (χ0) is 22.1. The third kappa shape index (κ3) is 7.15. The molecule has 0 spiro atoms. The Bertz CT molecular complexity index is 855. The maximum absolute atomic E-state index is 13.1. The van der Waals surface area contributed by atoms with Crippen LogP contribution >= 0.6 is 0 Å². The van der Waals surface area contributed by atoms with Gasteiger partial charge in [-0.2, -0.15) is 0 Å². The van der Waals surface area contributed by atoms with Crippen LogP contribution in [0, 0.1) is 5.82 Å². The van der Waals surface area contributed by atoms with Crippen molar-refractivity contribution in [2.75, 3.05) is 39.3 Å². The summed E-state index contributed by atoms with van der Waals surface area (Å²) in [4.78, 5) is 28.9. The van der Waals surface area contributed by atoms with Gasteiger partial charge in [-0.15, -0.1) is 0 Å². The van der Waals surface area contributed by atoms with E-state index in [2.05, 4.69) is 10.2 Å². The Morgan fingerprint density at radius 3 is 2.39 bits per heavy atom. The number of hydrogen-bond acceptors (Lipinski definition) is 4. The fourth-order valence-corrected chi connectivity index (χ4v) is 3.54. The second-order valence-electron chi connectivity index (χ2n) is 7.66. The summed E-state index contributed by atoms with van der Waals surface area (Å²) in [6, 6.07) is 13.6. The molecule has 2 aromatic rings. The van der Waals surface area contributed by atoms with E-state index in [0.29, 0.717) is 51.5 Å². The molecule has 0 atom stereocenters. The summed E-state index contributed by atoms with van der Waals surface area (Å²) in [5.74, 6) is -0.484. The topological polar surface area (TPSA) is 61.9 Å². The van der Waals surface area contributed by atoms with E-state index in [1.165, 1.54) is 24.3 Å². The van der Waals surface area contributed by atoms with Crippen LogP contribution in [0.4, 0.5) is 4.39 Å². The molecular weight excluding hydrogens is 397 g/mol. The number of carbonyl (C=O) groups is 2. The zero-order valence-electron chi connectivity index (χ0n) is 18.0. The van der Waals surface area contributed by atoms with Crippen molar-refractivity contribution in [1.29, 1.82) is 0 Å². The lowest BCUT2D eigenvalue weighted by Gasteiger charge is -2.22. The van der Waals surface area contributed by atoms with Gasteiger partial charge in [0.2, 0.25) is 5.91 Å². The monoisotopic (exact) mass is 427 g/mol. The summed E-state index contributed by atoms with van der Waals surface area (Å²) in [5, 5.41) is 2.97. The normalized spacial score (nSPS) is 14.8. The second-order valence-corrected chi connectivity index (χ2v) is 7.66. The van der Waals surface area contributed by atoms with Gasteiger partial charge in [-0.1, -0.05) is 24.3 Å². The number of amides is 2. The molecule has 166 valence electrons. The van der Waals surface area contributed by atoms with Crippen molar-refractivity contribution in [1.82, 2.24) is 15.1 Å². The Hall–Kier alpha value is -2.77. The fraction of sp³-hybridized carbons (Fsp3) is 0.417. The van der Waals surface area contributed by atoms with Gasteiger partial charge in [0.15, 0.2) is 0 Å². The first-order valence-corrected chi connectivity index (χ1v) is 10.7. The standard InChI is InChI=1S/C24H30FN3O3/c1-2-31-18-20-6-4-19(5-7-20)16-26-23(29)17-27-12-3-13-28(15-14-27)24(30)21-8-10-22(25)11-9-21/h4-11H,2-3,12-18H2,1H3,(H,26,29). The molecule has 1 aliphatic heterocycles. The van der Waals surface area contributed by atoms with Crippen LogP contribution in [-0.2, 0) is 22.7 Å². The lowest BCUT2D eigenvalue weighted by atomic mass is 10.1. The van der Waals surface area contributed by atoms with Crippen LogP contribution in [0.3, 0.4) is 0 Å². The lowest BCUT2D eigenvalue weighted by molar-refractivity contribution is -0.122. The number of ether oxygens (including phenoxy) is 1. The van der Waals surface area contributed by atoms with Gasteiger partial charge in [0, 0.05) is 44.9 Å². The molecule has 7 heteroatoms. The van der Waals surface area contributed by atoms with Crippen LogP contribution in [0.15, 0.2) is 48.5 Å². The molecule has 1 fully saturated rings. The Morgan fingerprint density at radius 1 is 0.968 bits per heavy atom. The maximum Gasteiger partial charge on any atom is 0.253 e. The van der Waals surface area contributed by atoms with E-state index in [1.807, 2.05) is 31.2 Å². The van der Waals surface area contributed by atoms with Crippen molar-refractivity contribution >= 4 is 11.8 Å². The minimum absolute atomic E-state index is 0.0308. The quantitative estimate of drug-likeness (QED) is 0.704. The molecule has 0 saturated carbocycles. The van der Waals surface area contributed by atoms with Crippen molar-refractivity contribution < 1.29 is 18.7 Å². The lowest BCUT2D eigenvalue weighted by Crippen LogP contribution is -2.39. The predicted octanol–water partition coefficient (Wildman–Crippen LogP) is 2.83.